The van der Waals surface area contributed by atoms with Crippen molar-refractivity contribution in [2.45, 2.75) is 22.8 Å². The predicted molar refractivity (Wildman–Crippen MR) is 78.7 cm³/mol. The topological polar surface area (TPSA) is 49.7 Å². The van der Waals surface area contributed by atoms with Gasteiger partial charge in [-0.25, -0.2) is 0 Å². The Morgan fingerprint density at radius 2 is 2.47 bits per heavy atom. The molecule has 4 atom stereocenters. The van der Waals surface area contributed by atoms with Gasteiger partial charge in [0.15, 0.2) is 0 Å². The van der Waals surface area contributed by atoms with E-state index in [1.807, 2.05) is 24.3 Å². The molecular weight excluding hydrogens is 258 g/mol. The van der Waals surface area contributed by atoms with Crippen molar-refractivity contribution in [3.63, 3.8) is 0 Å². The third-order valence-electron chi connectivity index (χ3n) is 4.25. The Balaban J connectivity index is 2.04. The zero-order valence-electron chi connectivity index (χ0n) is 10.7. The van der Waals surface area contributed by atoms with Crippen LogP contribution in [0.5, 0.6) is 0 Å². The molecule has 1 aliphatic carbocycles. The van der Waals surface area contributed by atoms with E-state index in [1.54, 1.807) is 11.8 Å². The van der Waals surface area contributed by atoms with Gasteiger partial charge in [-0.2, -0.15) is 0 Å². The van der Waals surface area contributed by atoms with Crippen LogP contribution in [-0.2, 0) is 4.79 Å². The maximum absolute atomic E-state index is 11.7. The van der Waals surface area contributed by atoms with Crippen molar-refractivity contribution in [3.05, 3.63) is 37.0 Å². The number of aliphatic imine (C=N–C) groups is 1. The summed E-state index contributed by atoms with van der Waals surface area (Å²) in [7, 11) is 0. The first-order valence-corrected chi connectivity index (χ1v) is 7.49. The lowest BCUT2D eigenvalue weighted by Crippen LogP contribution is -2.44. The molecule has 0 aromatic rings. The molecule has 100 valence electrons. The van der Waals surface area contributed by atoms with Gasteiger partial charge in [-0.05, 0) is 24.8 Å². The maximum atomic E-state index is 11.7. The molecule has 4 unspecified atom stereocenters. The minimum absolute atomic E-state index is 0.0967. The molecule has 1 saturated heterocycles. The number of nitrogens with zero attached hydrogens (tertiary/aromatic N) is 1. The number of rotatable bonds is 3. The van der Waals surface area contributed by atoms with E-state index in [9.17, 15) is 9.90 Å². The molecule has 4 heteroatoms. The monoisotopic (exact) mass is 275 g/mol. The molecule has 19 heavy (non-hydrogen) atoms. The van der Waals surface area contributed by atoms with Gasteiger partial charge in [0.1, 0.15) is 0 Å². The maximum Gasteiger partial charge on any atom is 0.307 e. The lowest BCUT2D eigenvalue weighted by atomic mass is 9.72. The fourth-order valence-corrected chi connectivity index (χ4v) is 5.53. The van der Waals surface area contributed by atoms with Gasteiger partial charge in [0, 0.05) is 11.8 Å². The van der Waals surface area contributed by atoms with Crippen LogP contribution in [0.15, 0.2) is 42.0 Å². The van der Waals surface area contributed by atoms with Gasteiger partial charge < -0.3 is 5.11 Å². The molecule has 0 aromatic heterocycles. The molecular formula is C15H17NO2S. The number of allylic oxidation sites excluding steroid dienone is 4. The zero-order chi connectivity index (χ0) is 13.5. The van der Waals surface area contributed by atoms with Crippen LogP contribution in [0.2, 0.25) is 0 Å². The quantitative estimate of drug-likeness (QED) is 0.806. The van der Waals surface area contributed by atoms with Gasteiger partial charge in [0.05, 0.1) is 16.4 Å². The van der Waals surface area contributed by atoms with Crippen molar-refractivity contribution >= 4 is 23.4 Å². The third kappa shape index (κ3) is 1.81. The molecule has 0 saturated carbocycles. The second-order valence-electron chi connectivity index (χ2n) is 5.22. The minimum Gasteiger partial charge on any atom is -0.481 e. The molecule has 0 amide bonds. The summed E-state index contributed by atoms with van der Waals surface area (Å²) in [6, 6.07) is 0. The number of carboxylic acid groups (broad SMARTS) is 1. The molecule has 3 aliphatic rings. The Morgan fingerprint density at radius 1 is 1.63 bits per heavy atom. The summed E-state index contributed by atoms with van der Waals surface area (Å²) >= 11 is 1.77. The molecule has 1 N–H and O–H groups in total. The smallest absolute Gasteiger partial charge is 0.307 e. The zero-order valence-corrected chi connectivity index (χ0v) is 11.5. The van der Waals surface area contributed by atoms with Crippen LogP contribution in [0.3, 0.4) is 0 Å². The fourth-order valence-electron chi connectivity index (χ4n) is 3.50. The number of thioether (sulfide) groups is 1. The predicted octanol–water partition coefficient (Wildman–Crippen LogP) is 2.70. The van der Waals surface area contributed by atoms with E-state index >= 15 is 0 Å². The SMILES string of the molecule is C=CCC1SC23C=CC=CC2=NCCC3C1C(=O)O. The Hall–Kier alpha value is -1.29. The van der Waals surface area contributed by atoms with Crippen molar-refractivity contribution in [1.82, 2.24) is 0 Å². The highest BCUT2D eigenvalue weighted by Crippen LogP contribution is 2.57. The highest BCUT2D eigenvalue weighted by molar-refractivity contribution is 8.02. The van der Waals surface area contributed by atoms with Crippen molar-refractivity contribution in [3.8, 4) is 0 Å². The van der Waals surface area contributed by atoms with Crippen molar-refractivity contribution < 1.29 is 9.90 Å². The molecule has 1 fully saturated rings. The minimum atomic E-state index is -0.676. The highest BCUT2D eigenvalue weighted by atomic mass is 32.2. The van der Waals surface area contributed by atoms with Gasteiger partial charge in [-0.15, -0.1) is 18.3 Å². The van der Waals surface area contributed by atoms with E-state index in [0.717, 1.165) is 25.1 Å². The Morgan fingerprint density at radius 3 is 3.21 bits per heavy atom. The van der Waals surface area contributed by atoms with Gasteiger partial charge >= 0.3 is 5.97 Å². The van der Waals surface area contributed by atoms with Crippen LogP contribution in [-0.4, -0.2) is 33.3 Å². The first-order valence-electron chi connectivity index (χ1n) is 6.61. The van der Waals surface area contributed by atoms with Crippen molar-refractivity contribution in [2.24, 2.45) is 16.8 Å². The molecule has 2 heterocycles. The fraction of sp³-hybridized carbons (Fsp3) is 0.467. The van der Waals surface area contributed by atoms with Gasteiger partial charge in [-0.1, -0.05) is 24.3 Å². The lowest BCUT2D eigenvalue weighted by Gasteiger charge is -2.37. The first-order chi connectivity index (χ1) is 9.19. The summed E-state index contributed by atoms with van der Waals surface area (Å²) in [4.78, 5) is 16.3. The highest BCUT2D eigenvalue weighted by Gasteiger charge is 2.58. The Labute approximate surface area is 117 Å². The van der Waals surface area contributed by atoms with Crippen molar-refractivity contribution in [2.75, 3.05) is 6.54 Å². The number of hydrogen-bond acceptors (Lipinski definition) is 3. The summed E-state index contributed by atoms with van der Waals surface area (Å²) in [5.74, 6) is -0.830. The van der Waals surface area contributed by atoms with E-state index in [0.29, 0.717) is 0 Å². The van der Waals surface area contributed by atoms with E-state index in [-0.39, 0.29) is 21.8 Å². The summed E-state index contributed by atoms with van der Waals surface area (Å²) < 4.78 is -0.219. The summed E-state index contributed by atoms with van der Waals surface area (Å²) in [5.41, 5.74) is 1.05. The Bertz CT molecular complexity index is 508. The normalized spacial score (nSPS) is 39.4. The largest absolute Gasteiger partial charge is 0.481 e. The van der Waals surface area contributed by atoms with Gasteiger partial charge in [0.25, 0.3) is 0 Å². The molecule has 0 aromatic carbocycles. The second-order valence-corrected chi connectivity index (χ2v) is 6.73. The lowest BCUT2D eigenvalue weighted by molar-refractivity contribution is -0.143. The molecule has 3 rings (SSSR count). The van der Waals surface area contributed by atoms with Crippen molar-refractivity contribution in [1.29, 1.82) is 0 Å². The number of carbonyl (C=O) groups is 1. The number of carboxylic acids is 1. The van der Waals surface area contributed by atoms with Gasteiger partial charge in [-0.3, -0.25) is 9.79 Å². The summed E-state index contributed by atoms with van der Waals surface area (Å²) in [6.45, 7) is 4.51. The number of aliphatic carboxylic acids is 1. The number of hydrogen-bond donors (Lipinski definition) is 1. The van der Waals surface area contributed by atoms with E-state index in [4.69, 9.17) is 0 Å². The van der Waals surface area contributed by atoms with E-state index in [2.05, 4.69) is 17.6 Å². The van der Waals surface area contributed by atoms with Crippen LogP contribution in [0, 0.1) is 11.8 Å². The van der Waals surface area contributed by atoms with Crippen LogP contribution in [0.1, 0.15) is 12.8 Å². The summed E-state index contributed by atoms with van der Waals surface area (Å²) in [5, 5.41) is 9.70. The standard InChI is InChI=1S/C15H17NO2S/c1-2-5-11-13(14(17)18)10-7-9-16-12-6-3-4-8-15(10,12)19-11/h2-4,6,8,10-11,13H,1,5,7,9H2,(H,17,18). The molecule has 3 nitrogen and oxygen atoms in total. The molecule has 0 bridgehead atoms. The van der Waals surface area contributed by atoms with E-state index in [1.165, 1.54) is 0 Å². The van der Waals surface area contributed by atoms with Gasteiger partial charge in [0.2, 0.25) is 0 Å². The third-order valence-corrected chi connectivity index (χ3v) is 6.07. The molecule has 2 aliphatic heterocycles. The van der Waals surface area contributed by atoms with Crippen LogP contribution in [0.25, 0.3) is 0 Å². The van der Waals surface area contributed by atoms with E-state index < -0.39 is 5.97 Å². The van der Waals surface area contributed by atoms with Crippen LogP contribution in [0.4, 0.5) is 0 Å². The average Bonchev–Trinajstić information content (AvgIpc) is 2.71. The average molecular weight is 275 g/mol. The first kappa shape index (κ1) is 12.7. The molecule has 1 spiro atoms. The van der Waals surface area contributed by atoms with Crippen LogP contribution >= 0.6 is 11.8 Å². The Kier molecular flexibility index (Phi) is 3.13. The second kappa shape index (κ2) is 4.67. The molecule has 0 radical (unpaired) electrons. The summed E-state index contributed by atoms with van der Waals surface area (Å²) in [6.07, 6.45) is 11.6. The van der Waals surface area contributed by atoms with Crippen LogP contribution < -0.4 is 0 Å².